The van der Waals surface area contributed by atoms with Crippen molar-refractivity contribution in [3.05, 3.63) is 35.9 Å². The standard InChI is InChI=1S/C15H23BrN2O2S/c1-13-8-10-18(11-9-13)21(19,20)17-15(2,12-16)14-6-4-3-5-7-14/h3-7,13,17H,8-12H2,1-2H3. The van der Waals surface area contributed by atoms with Gasteiger partial charge in [0.15, 0.2) is 0 Å². The van der Waals surface area contributed by atoms with Crippen LogP contribution in [0.2, 0.25) is 0 Å². The molecule has 1 aromatic carbocycles. The summed E-state index contributed by atoms with van der Waals surface area (Å²) >= 11 is 3.45. The second-order valence-corrected chi connectivity index (χ2v) is 8.25. The Hall–Kier alpha value is -0.430. The van der Waals surface area contributed by atoms with E-state index < -0.39 is 15.7 Å². The van der Waals surface area contributed by atoms with Crippen molar-refractivity contribution >= 4 is 26.1 Å². The second kappa shape index (κ2) is 6.77. The molecule has 1 aromatic rings. The Morgan fingerprint density at radius 2 is 1.86 bits per heavy atom. The zero-order valence-corrected chi connectivity index (χ0v) is 15.0. The highest BCUT2D eigenvalue weighted by Gasteiger charge is 2.35. The molecule has 2 rings (SSSR count). The molecule has 1 aliphatic rings. The number of hydrogen-bond acceptors (Lipinski definition) is 2. The lowest BCUT2D eigenvalue weighted by atomic mass is 9.96. The van der Waals surface area contributed by atoms with Crippen LogP contribution in [0, 0.1) is 5.92 Å². The summed E-state index contributed by atoms with van der Waals surface area (Å²) in [6, 6.07) is 9.67. The van der Waals surface area contributed by atoms with Gasteiger partial charge in [0.05, 0.1) is 5.54 Å². The van der Waals surface area contributed by atoms with Crippen LogP contribution in [0.15, 0.2) is 30.3 Å². The van der Waals surface area contributed by atoms with Crippen LogP contribution in [0.4, 0.5) is 0 Å². The van der Waals surface area contributed by atoms with Gasteiger partial charge in [0.1, 0.15) is 0 Å². The highest BCUT2D eigenvalue weighted by atomic mass is 79.9. The third kappa shape index (κ3) is 4.06. The third-order valence-electron chi connectivity index (χ3n) is 4.11. The molecule has 1 atom stereocenters. The maximum Gasteiger partial charge on any atom is 0.280 e. The highest BCUT2D eigenvalue weighted by molar-refractivity contribution is 9.09. The van der Waals surface area contributed by atoms with Gasteiger partial charge in [-0.25, -0.2) is 0 Å². The first-order valence-electron chi connectivity index (χ1n) is 7.28. The number of rotatable bonds is 5. The van der Waals surface area contributed by atoms with Crippen LogP contribution in [-0.2, 0) is 15.7 Å². The lowest BCUT2D eigenvalue weighted by molar-refractivity contribution is 0.280. The Morgan fingerprint density at radius 3 is 2.38 bits per heavy atom. The minimum Gasteiger partial charge on any atom is -0.195 e. The molecule has 1 saturated heterocycles. The van der Waals surface area contributed by atoms with Crippen molar-refractivity contribution in [2.24, 2.45) is 5.92 Å². The molecule has 0 bridgehead atoms. The third-order valence-corrected chi connectivity index (χ3v) is 6.99. The average Bonchev–Trinajstić information content (AvgIpc) is 2.48. The molecular formula is C15H23BrN2O2S. The van der Waals surface area contributed by atoms with Crippen LogP contribution in [0.1, 0.15) is 32.3 Å². The van der Waals surface area contributed by atoms with Crippen LogP contribution in [-0.4, -0.2) is 31.1 Å². The first kappa shape index (κ1) is 16.9. The van der Waals surface area contributed by atoms with Gasteiger partial charge in [-0.05, 0) is 31.2 Å². The molecule has 0 aliphatic carbocycles. The van der Waals surface area contributed by atoms with Gasteiger partial charge in [0, 0.05) is 18.4 Å². The Morgan fingerprint density at radius 1 is 1.29 bits per heavy atom. The molecule has 0 radical (unpaired) electrons. The number of nitrogens with one attached hydrogen (secondary N) is 1. The largest absolute Gasteiger partial charge is 0.280 e. The average molecular weight is 375 g/mol. The number of benzene rings is 1. The first-order chi connectivity index (χ1) is 9.87. The van der Waals surface area contributed by atoms with Gasteiger partial charge in [0.2, 0.25) is 0 Å². The minimum atomic E-state index is -3.47. The zero-order chi connectivity index (χ0) is 15.5. The maximum atomic E-state index is 12.6. The Labute approximate surface area is 136 Å². The summed E-state index contributed by atoms with van der Waals surface area (Å²) in [6.45, 7) is 5.28. The molecule has 1 heterocycles. The topological polar surface area (TPSA) is 49.4 Å². The number of piperidine rings is 1. The predicted molar refractivity (Wildman–Crippen MR) is 89.6 cm³/mol. The minimum absolute atomic E-state index is 0.521. The fourth-order valence-corrected chi connectivity index (χ4v) is 4.77. The van der Waals surface area contributed by atoms with Crippen molar-refractivity contribution in [2.75, 3.05) is 18.4 Å². The second-order valence-electron chi connectivity index (χ2n) is 6.02. The summed E-state index contributed by atoms with van der Waals surface area (Å²) in [6.07, 6.45) is 1.86. The van der Waals surface area contributed by atoms with E-state index >= 15 is 0 Å². The molecule has 1 N–H and O–H groups in total. The number of halogens is 1. The van der Waals surface area contributed by atoms with E-state index in [-0.39, 0.29) is 0 Å². The van der Waals surface area contributed by atoms with E-state index in [1.54, 1.807) is 4.31 Å². The van der Waals surface area contributed by atoms with Gasteiger partial charge < -0.3 is 0 Å². The van der Waals surface area contributed by atoms with E-state index in [2.05, 4.69) is 27.6 Å². The van der Waals surface area contributed by atoms with Crippen LogP contribution in [0.3, 0.4) is 0 Å². The summed E-state index contributed by atoms with van der Waals surface area (Å²) in [5.74, 6) is 0.605. The molecule has 0 saturated carbocycles. The predicted octanol–water partition coefficient (Wildman–Crippen LogP) is 2.86. The molecule has 118 valence electrons. The van der Waals surface area contributed by atoms with Crippen molar-refractivity contribution in [2.45, 2.75) is 32.2 Å². The smallest absolute Gasteiger partial charge is 0.195 e. The zero-order valence-electron chi connectivity index (χ0n) is 12.5. The Kier molecular flexibility index (Phi) is 5.46. The molecule has 4 nitrogen and oxygen atoms in total. The summed E-state index contributed by atoms with van der Waals surface area (Å²) in [4.78, 5) is 0. The Bertz CT molecular complexity index is 556. The first-order valence-corrected chi connectivity index (χ1v) is 9.84. The van der Waals surface area contributed by atoms with Crippen LogP contribution >= 0.6 is 15.9 Å². The highest BCUT2D eigenvalue weighted by Crippen LogP contribution is 2.26. The molecular weight excluding hydrogens is 352 g/mol. The lowest BCUT2D eigenvalue weighted by Gasteiger charge is -2.35. The lowest BCUT2D eigenvalue weighted by Crippen LogP contribution is -2.52. The van der Waals surface area contributed by atoms with Gasteiger partial charge in [-0.3, -0.25) is 0 Å². The molecule has 1 fully saturated rings. The molecule has 1 unspecified atom stereocenters. The fourth-order valence-electron chi connectivity index (χ4n) is 2.54. The molecule has 0 aromatic heterocycles. The van der Waals surface area contributed by atoms with Crippen molar-refractivity contribution < 1.29 is 8.42 Å². The van der Waals surface area contributed by atoms with Crippen LogP contribution < -0.4 is 4.72 Å². The van der Waals surface area contributed by atoms with Crippen molar-refractivity contribution in [1.82, 2.24) is 9.03 Å². The molecule has 21 heavy (non-hydrogen) atoms. The van der Waals surface area contributed by atoms with Crippen LogP contribution in [0.25, 0.3) is 0 Å². The van der Waals surface area contributed by atoms with E-state index in [4.69, 9.17) is 0 Å². The molecule has 1 aliphatic heterocycles. The monoisotopic (exact) mass is 374 g/mol. The van der Waals surface area contributed by atoms with Gasteiger partial charge >= 0.3 is 0 Å². The SMILES string of the molecule is CC1CCN(S(=O)(=O)NC(C)(CBr)c2ccccc2)CC1. The summed E-state index contributed by atoms with van der Waals surface area (Å²) in [5, 5.41) is 0.521. The van der Waals surface area contributed by atoms with Crippen molar-refractivity contribution in [1.29, 1.82) is 0 Å². The Balaban J connectivity index is 2.17. The van der Waals surface area contributed by atoms with E-state index in [0.717, 1.165) is 18.4 Å². The van der Waals surface area contributed by atoms with Crippen molar-refractivity contribution in [3.8, 4) is 0 Å². The van der Waals surface area contributed by atoms with E-state index in [9.17, 15) is 8.42 Å². The number of nitrogens with zero attached hydrogens (tertiary/aromatic N) is 1. The van der Waals surface area contributed by atoms with Crippen LogP contribution in [0.5, 0.6) is 0 Å². The van der Waals surface area contributed by atoms with Gasteiger partial charge in [0.25, 0.3) is 10.2 Å². The fraction of sp³-hybridized carbons (Fsp3) is 0.600. The number of alkyl halides is 1. The van der Waals surface area contributed by atoms with E-state index in [1.165, 1.54) is 0 Å². The van der Waals surface area contributed by atoms with Gasteiger partial charge in [-0.15, -0.1) is 0 Å². The maximum absolute atomic E-state index is 12.6. The van der Waals surface area contributed by atoms with Gasteiger partial charge in [-0.2, -0.15) is 17.4 Å². The summed E-state index contributed by atoms with van der Waals surface area (Å²) < 4.78 is 29.7. The molecule has 0 amide bonds. The molecule has 6 heteroatoms. The molecule has 0 spiro atoms. The van der Waals surface area contributed by atoms with Gasteiger partial charge in [-0.1, -0.05) is 53.2 Å². The van der Waals surface area contributed by atoms with E-state index in [1.807, 2.05) is 37.3 Å². The number of hydrogen-bond donors (Lipinski definition) is 1. The van der Waals surface area contributed by atoms with E-state index in [0.29, 0.717) is 24.3 Å². The normalized spacial score (nSPS) is 21.1. The van der Waals surface area contributed by atoms with Crippen molar-refractivity contribution in [3.63, 3.8) is 0 Å². The summed E-state index contributed by atoms with van der Waals surface area (Å²) in [5.41, 5.74) is 0.305. The quantitative estimate of drug-likeness (QED) is 0.805. The summed E-state index contributed by atoms with van der Waals surface area (Å²) in [7, 11) is -3.47.